The fourth-order valence-corrected chi connectivity index (χ4v) is 1.51. The Labute approximate surface area is 119 Å². The van der Waals surface area contributed by atoms with Gasteiger partial charge in [-0.3, -0.25) is 24.2 Å². The zero-order valence-corrected chi connectivity index (χ0v) is 11.0. The van der Waals surface area contributed by atoms with Gasteiger partial charge in [0.05, 0.1) is 19.6 Å². The monoisotopic (exact) mass is 307 g/mol. The SMILES string of the molecule is NC(C(=O)O)N(CCN(CC(=O)O)CC(=O)O)CC(=O)O. The normalized spacial score (nSPS) is 12.3. The maximum absolute atomic E-state index is 10.8. The molecule has 0 aliphatic heterocycles. The minimum absolute atomic E-state index is 0.160. The Morgan fingerprint density at radius 3 is 1.57 bits per heavy atom. The van der Waals surface area contributed by atoms with Gasteiger partial charge in [-0.15, -0.1) is 0 Å². The summed E-state index contributed by atoms with van der Waals surface area (Å²) < 4.78 is 0. The molecule has 0 rings (SSSR count). The van der Waals surface area contributed by atoms with Crippen LogP contribution in [0.2, 0.25) is 0 Å². The Bertz CT molecular complexity index is 397. The predicted molar refractivity (Wildman–Crippen MR) is 66.5 cm³/mol. The lowest BCUT2D eigenvalue weighted by molar-refractivity contribution is -0.148. The van der Waals surface area contributed by atoms with E-state index in [-0.39, 0.29) is 13.1 Å². The van der Waals surface area contributed by atoms with Crippen LogP contribution in [0.15, 0.2) is 0 Å². The van der Waals surface area contributed by atoms with Gasteiger partial charge in [-0.2, -0.15) is 0 Å². The first kappa shape index (κ1) is 18.8. The highest BCUT2D eigenvalue weighted by Crippen LogP contribution is 1.97. The molecule has 0 radical (unpaired) electrons. The maximum Gasteiger partial charge on any atom is 0.335 e. The molecular formula is C10H17N3O8. The number of hydrogen-bond donors (Lipinski definition) is 5. The largest absolute Gasteiger partial charge is 0.480 e. The predicted octanol–water partition coefficient (Wildman–Crippen LogP) is -2.79. The molecule has 0 amide bonds. The second-order valence-corrected chi connectivity index (χ2v) is 4.15. The molecule has 21 heavy (non-hydrogen) atoms. The summed E-state index contributed by atoms with van der Waals surface area (Å²) in [4.78, 5) is 44.5. The molecule has 0 aromatic rings. The molecule has 1 atom stereocenters. The third-order valence-corrected chi connectivity index (χ3v) is 2.41. The third kappa shape index (κ3) is 8.52. The average Bonchev–Trinajstić information content (AvgIpc) is 2.31. The molecule has 0 aromatic heterocycles. The third-order valence-electron chi connectivity index (χ3n) is 2.41. The van der Waals surface area contributed by atoms with Crippen LogP contribution in [0.1, 0.15) is 0 Å². The Morgan fingerprint density at radius 2 is 1.24 bits per heavy atom. The molecule has 0 aliphatic carbocycles. The molecule has 0 aliphatic rings. The summed E-state index contributed by atoms with van der Waals surface area (Å²) in [5, 5.41) is 34.7. The lowest BCUT2D eigenvalue weighted by Crippen LogP contribution is -2.52. The van der Waals surface area contributed by atoms with Gasteiger partial charge in [-0.25, -0.2) is 4.79 Å². The van der Waals surface area contributed by atoms with Gasteiger partial charge in [0.25, 0.3) is 0 Å². The van der Waals surface area contributed by atoms with Crippen LogP contribution in [0.5, 0.6) is 0 Å². The van der Waals surface area contributed by atoms with E-state index in [2.05, 4.69) is 0 Å². The van der Waals surface area contributed by atoms with Crippen LogP contribution in [0.4, 0.5) is 0 Å². The first-order valence-corrected chi connectivity index (χ1v) is 5.73. The molecule has 120 valence electrons. The van der Waals surface area contributed by atoms with Crippen LogP contribution in [0, 0.1) is 0 Å². The van der Waals surface area contributed by atoms with E-state index >= 15 is 0 Å². The molecule has 0 saturated carbocycles. The Kier molecular flexibility index (Phi) is 7.89. The van der Waals surface area contributed by atoms with Gasteiger partial charge >= 0.3 is 23.9 Å². The van der Waals surface area contributed by atoms with Gasteiger partial charge in [-0.1, -0.05) is 0 Å². The summed E-state index contributed by atoms with van der Waals surface area (Å²) >= 11 is 0. The van der Waals surface area contributed by atoms with Crippen molar-refractivity contribution in [2.45, 2.75) is 6.17 Å². The van der Waals surface area contributed by atoms with Crippen molar-refractivity contribution >= 4 is 23.9 Å². The first-order chi connectivity index (χ1) is 9.63. The first-order valence-electron chi connectivity index (χ1n) is 5.73. The standard InChI is InChI=1S/C10H17N3O8/c11-9(10(20)21)13(5-8(18)19)2-1-12(3-6(14)15)4-7(16)17/h9H,1-5,11H2,(H,14,15)(H,16,17)(H,18,19)(H,20,21). The second kappa shape index (κ2) is 8.84. The quantitative estimate of drug-likeness (QED) is 0.249. The number of carboxylic acid groups (broad SMARTS) is 4. The topological polar surface area (TPSA) is 182 Å². The second-order valence-electron chi connectivity index (χ2n) is 4.15. The van der Waals surface area contributed by atoms with Crippen molar-refractivity contribution in [3.05, 3.63) is 0 Å². The summed E-state index contributed by atoms with van der Waals surface area (Å²) in [6.07, 6.45) is -1.59. The molecule has 11 nitrogen and oxygen atoms in total. The van der Waals surface area contributed by atoms with Crippen LogP contribution in [0.3, 0.4) is 0 Å². The molecule has 0 aromatic carbocycles. The molecule has 1 unspecified atom stereocenters. The highest BCUT2D eigenvalue weighted by atomic mass is 16.4. The van der Waals surface area contributed by atoms with Crippen LogP contribution in [0.25, 0.3) is 0 Å². The van der Waals surface area contributed by atoms with E-state index in [0.717, 1.165) is 9.80 Å². The number of rotatable bonds is 11. The molecule has 0 bridgehead atoms. The highest BCUT2D eigenvalue weighted by molar-refractivity contribution is 5.75. The number of aliphatic carboxylic acids is 4. The van der Waals surface area contributed by atoms with Crippen LogP contribution >= 0.6 is 0 Å². The van der Waals surface area contributed by atoms with Crippen LogP contribution < -0.4 is 5.73 Å². The van der Waals surface area contributed by atoms with E-state index in [1.807, 2.05) is 0 Å². The van der Waals surface area contributed by atoms with Crippen molar-refractivity contribution in [2.75, 3.05) is 32.7 Å². The maximum atomic E-state index is 10.8. The molecule has 0 heterocycles. The molecule has 0 spiro atoms. The number of carbonyl (C=O) groups is 4. The van der Waals surface area contributed by atoms with Crippen molar-refractivity contribution in [1.29, 1.82) is 0 Å². The van der Waals surface area contributed by atoms with Gasteiger partial charge in [0, 0.05) is 13.1 Å². The van der Waals surface area contributed by atoms with Gasteiger partial charge in [0.2, 0.25) is 0 Å². The molecular weight excluding hydrogens is 290 g/mol. The van der Waals surface area contributed by atoms with Crippen molar-refractivity contribution in [3.63, 3.8) is 0 Å². The van der Waals surface area contributed by atoms with Crippen molar-refractivity contribution in [2.24, 2.45) is 5.73 Å². The van der Waals surface area contributed by atoms with E-state index in [4.69, 9.17) is 26.2 Å². The van der Waals surface area contributed by atoms with E-state index in [9.17, 15) is 19.2 Å². The molecule has 0 fully saturated rings. The van der Waals surface area contributed by atoms with Crippen molar-refractivity contribution < 1.29 is 39.6 Å². The number of hydrogen-bond acceptors (Lipinski definition) is 7. The minimum Gasteiger partial charge on any atom is -0.480 e. The Balaban J connectivity index is 4.72. The van der Waals surface area contributed by atoms with Crippen LogP contribution in [-0.4, -0.2) is 93.0 Å². The number of nitrogens with zero attached hydrogens (tertiary/aromatic N) is 2. The number of nitrogens with two attached hydrogens (primary N) is 1. The summed E-state index contributed by atoms with van der Waals surface area (Å²) in [6.45, 7) is -2.18. The average molecular weight is 307 g/mol. The zero-order valence-electron chi connectivity index (χ0n) is 11.0. The van der Waals surface area contributed by atoms with Crippen LogP contribution in [-0.2, 0) is 19.2 Å². The molecule has 0 saturated heterocycles. The van der Waals surface area contributed by atoms with Gasteiger partial charge < -0.3 is 26.2 Å². The summed E-state index contributed by atoms with van der Waals surface area (Å²) in [6, 6.07) is 0. The number of carboxylic acids is 4. The lowest BCUT2D eigenvalue weighted by Gasteiger charge is -2.27. The van der Waals surface area contributed by atoms with Gasteiger partial charge in [0.15, 0.2) is 6.17 Å². The fourth-order valence-electron chi connectivity index (χ4n) is 1.51. The van der Waals surface area contributed by atoms with Crippen molar-refractivity contribution in [1.82, 2.24) is 9.80 Å². The lowest BCUT2D eigenvalue weighted by atomic mass is 10.3. The Morgan fingerprint density at radius 1 is 0.810 bits per heavy atom. The summed E-state index contributed by atoms with van der Waals surface area (Å²) in [5.74, 6) is -5.28. The van der Waals surface area contributed by atoms with E-state index < -0.39 is 49.7 Å². The minimum atomic E-state index is -1.59. The highest BCUT2D eigenvalue weighted by Gasteiger charge is 2.24. The zero-order chi connectivity index (χ0) is 16.6. The van der Waals surface area contributed by atoms with E-state index in [0.29, 0.717) is 0 Å². The van der Waals surface area contributed by atoms with E-state index in [1.54, 1.807) is 0 Å². The fraction of sp³-hybridized carbons (Fsp3) is 0.600. The van der Waals surface area contributed by atoms with Gasteiger partial charge in [0.1, 0.15) is 0 Å². The summed E-state index contributed by atoms with van der Waals surface area (Å²) in [5.41, 5.74) is 5.31. The van der Waals surface area contributed by atoms with Crippen molar-refractivity contribution in [3.8, 4) is 0 Å². The molecule has 11 heteroatoms. The van der Waals surface area contributed by atoms with E-state index in [1.165, 1.54) is 0 Å². The van der Waals surface area contributed by atoms with Gasteiger partial charge in [-0.05, 0) is 0 Å². The summed E-state index contributed by atoms with van der Waals surface area (Å²) in [7, 11) is 0. The Hall–Kier alpha value is -2.24. The molecule has 6 N–H and O–H groups in total. The smallest absolute Gasteiger partial charge is 0.335 e.